The summed E-state index contributed by atoms with van der Waals surface area (Å²) in [5.74, 6) is -0.939. The second-order valence-corrected chi connectivity index (χ2v) is 4.91. The Bertz CT molecular complexity index is 414. The lowest BCUT2D eigenvalue weighted by Gasteiger charge is -2.24. The highest BCUT2D eigenvalue weighted by molar-refractivity contribution is 6.31. The summed E-state index contributed by atoms with van der Waals surface area (Å²) >= 11 is 5.81. The molecule has 1 aromatic carbocycles. The first-order chi connectivity index (χ1) is 8.16. The molecule has 3 nitrogen and oxygen atoms in total. The Labute approximate surface area is 106 Å². The smallest absolute Gasteiger partial charge is 0.337 e. The molecule has 0 aliphatic heterocycles. The average molecular weight is 254 g/mol. The van der Waals surface area contributed by atoms with Crippen LogP contribution in [-0.2, 0) is 0 Å². The van der Waals surface area contributed by atoms with E-state index < -0.39 is 5.97 Å². The van der Waals surface area contributed by atoms with Crippen molar-refractivity contribution >= 4 is 23.3 Å². The first-order valence-corrected chi connectivity index (χ1v) is 6.34. The molecule has 4 heteroatoms. The SMILES string of the molecule is O=C(O)c1cc(Cl)ccc1NC1CCCCC1. The van der Waals surface area contributed by atoms with Gasteiger partial charge in [-0.25, -0.2) is 4.79 Å². The molecule has 1 aliphatic carbocycles. The minimum atomic E-state index is -0.939. The minimum absolute atomic E-state index is 0.253. The molecule has 0 saturated heterocycles. The zero-order valence-electron chi connectivity index (χ0n) is 9.58. The van der Waals surface area contributed by atoms with Crippen molar-refractivity contribution in [2.24, 2.45) is 0 Å². The highest BCUT2D eigenvalue weighted by Gasteiger charge is 2.16. The molecular weight excluding hydrogens is 238 g/mol. The van der Waals surface area contributed by atoms with Gasteiger partial charge in [-0.2, -0.15) is 0 Å². The van der Waals surface area contributed by atoms with Crippen molar-refractivity contribution in [2.45, 2.75) is 38.1 Å². The van der Waals surface area contributed by atoms with E-state index in [0.717, 1.165) is 12.8 Å². The molecule has 1 fully saturated rings. The summed E-state index contributed by atoms with van der Waals surface area (Å²) in [6.07, 6.45) is 5.94. The Morgan fingerprint density at radius 3 is 2.65 bits per heavy atom. The van der Waals surface area contributed by atoms with Gasteiger partial charge in [-0.3, -0.25) is 0 Å². The molecule has 1 saturated carbocycles. The maximum absolute atomic E-state index is 11.1. The van der Waals surface area contributed by atoms with Gasteiger partial charge in [-0.05, 0) is 31.0 Å². The van der Waals surface area contributed by atoms with Crippen molar-refractivity contribution in [1.82, 2.24) is 0 Å². The normalized spacial score (nSPS) is 16.8. The van der Waals surface area contributed by atoms with Gasteiger partial charge in [-0.15, -0.1) is 0 Å². The molecule has 0 bridgehead atoms. The standard InChI is InChI=1S/C13H16ClNO2/c14-9-6-7-12(11(8-9)13(16)17)15-10-4-2-1-3-5-10/h6-8,10,15H,1-5H2,(H,16,17). The quantitative estimate of drug-likeness (QED) is 0.862. The molecule has 0 unspecified atom stereocenters. The highest BCUT2D eigenvalue weighted by Crippen LogP contribution is 2.25. The van der Waals surface area contributed by atoms with Crippen molar-refractivity contribution < 1.29 is 9.90 Å². The molecule has 0 heterocycles. The van der Waals surface area contributed by atoms with Crippen LogP contribution in [0.2, 0.25) is 5.02 Å². The number of carboxylic acids is 1. The Hall–Kier alpha value is -1.22. The molecule has 0 radical (unpaired) electrons. The van der Waals surface area contributed by atoms with Gasteiger partial charge in [0.15, 0.2) is 0 Å². The van der Waals surface area contributed by atoms with Crippen molar-refractivity contribution in [3.63, 3.8) is 0 Å². The number of hydrogen-bond donors (Lipinski definition) is 2. The van der Waals surface area contributed by atoms with Crippen LogP contribution in [0, 0.1) is 0 Å². The molecule has 0 atom stereocenters. The van der Waals surface area contributed by atoms with Gasteiger partial charge in [-0.1, -0.05) is 30.9 Å². The summed E-state index contributed by atoms with van der Waals surface area (Å²) in [4.78, 5) is 11.1. The summed E-state index contributed by atoms with van der Waals surface area (Å²) in [5.41, 5.74) is 0.928. The van der Waals surface area contributed by atoms with E-state index in [-0.39, 0.29) is 5.56 Å². The van der Waals surface area contributed by atoms with E-state index in [2.05, 4.69) is 5.32 Å². The summed E-state index contributed by atoms with van der Waals surface area (Å²) < 4.78 is 0. The Balaban J connectivity index is 2.16. The fourth-order valence-electron chi connectivity index (χ4n) is 2.29. The largest absolute Gasteiger partial charge is 0.478 e. The van der Waals surface area contributed by atoms with Crippen molar-refractivity contribution in [2.75, 3.05) is 5.32 Å². The zero-order valence-corrected chi connectivity index (χ0v) is 10.3. The monoisotopic (exact) mass is 253 g/mol. The van der Waals surface area contributed by atoms with Gasteiger partial charge in [0.05, 0.1) is 5.56 Å². The number of anilines is 1. The lowest BCUT2D eigenvalue weighted by molar-refractivity contribution is 0.0698. The summed E-state index contributed by atoms with van der Waals surface area (Å²) in [6.45, 7) is 0. The van der Waals surface area contributed by atoms with E-state index in [1.165, 1.54) is 25.3 Å². The molecule has 17 heavy (non-hydrogen) atoms. The number of nitrogens with one attached hydrogen (secondary N) is 1. The first kappa shape index (κ1) is 12.2. The van der Waals surface area contributed by atoms with Gasteiger partial charge >= 0.3 is 5.97 Å². The van der Waals surface area contributed by atoms with Crippen LogP contribution in [0.3, 0.4) is 0 Å². The Morgan fingerprint density at radius 2 is 2.00 bits per heavy atom. The van der Waals surface area contributed by atoms with E-state index in [9.17, 15) is 4.79 Å². The number of carbonyl (C=O) groups is 1. The molecule has 0 amide bonds. The number of carboxylic acid groups (broad SMARTS) is 1. The summed E-state index contributed by atoms with van der Waals surface area (Å²) in [6, 6.07) is 5.36. The third kappa shape index (κ3) is 3.13. The predicted octanol–water partition coefficient (Wildman–Crippen LogP) is 3.78. The van der Waals surface area contributed by atoms with Gasteiger partial charge < -0.3 is 10.4 Å². The molecule has 1 aromatic rings. The molecule has 0 spiro atoms. The maximum atomic E-state index is 11.1. The summed E-state index contributed by atoms with van der Waals surface area (Å²) in [5, 5.41) is 12.9. The fraction of sp³-hybridized carbons (Fsp3) is 0.462. The Kier molecular flexibility index (Phi) is 3.89. The zero-order chi connectivity index (χ0) is 12.3. The maximum Gasteiger partial charge on any atom is 0.337 e. The lowest BCUT2D eigenvalue weighted by Crippen LogP contribution is -2.23. The fourth-order valence-corrected chi connectivity index (χ4v) is 2.46. The van der Waals surface area contributed by atoms with Crippen LogP contribution in [-0.4, -0.2) is 17.1 Å². The van der Waals surface area contributed by atoms with Crippen LogP contribution in [0.1, 0.15) is 42.5 Å². The molecule has 0 aromatic heterocycles. The number of hydrogen-bond acceptors (Lipinski definition) is 2. The third-order valence-electron chi connectivity index (χ3n) is 3.18. The minimum Gasteiger partial charge on any atom is -0.478 e. The van der Waals surface area contributed by atoms with Crippen LogP contribution in [0.4, 0.5) is 5.69 Å². The van der Waals surface area contributed by atoms with E-state index >= 15 is 0 Å². The Morgan fingerprint density at radius 1 is 1.29 bits per heavy atom. The van der Waals surface area contributed by atoms with Crippen LogP contribution in [0.25, 0.3) is 0 Å². The van der Waals surface area contributed by atoms with E-state index in [1.807, 2.05) is 0 Å². The van der Waals surface area contributed by atoms with Crippen molar-refractivity contribution in [3.8, 4) is 0 Å². The molecule has 92 valence electrons. The van der Waals surface area contributed by atoms with Crippen molar-refractivity contribution in [3.05, 3.63) is 28.8 Å². The lowest BCUT2D eigenvalue weighted by atomic mass is 9.95. The van der Waals surface area contributed by atoms with Gasteiger partial charge in [0.25, 0.3) is 0 Å². The van der Waals surface area contributed by atoms with Crippen LogP contribution >= 0.6 is 11.6 Å². The highest BCUT2D eigenvalue weighted by atomic mass is 35.5. The molecule has 2 rings (SSSR count). The third-order valence-corrected chi connectivity index (χ3v) is 3.41. The summed E-state index contributed by atoms with van der Waals surface area (Å²) in [7, 11) is 0. The molecular formula is C13H16ClNO2. The first-order valence-electron chi connectivity index (χ1n) is 5.96. The van der Waals surface area contributed by atoms with Crippen LogP contribution in [0.5, 0.6) is 0 Å². The second-order valence-electron chi connectivity index (χ2n) is 4.47. The van der Waals surface area contributed by atoms with E-state index in [0.29, 0.717) is 16.8 Å². The number of benzene rings is 1. The van der Waals surface area contributed by atoms with Crippen LogP contribution in [0.15, 0.2) is 18.2 Å². The van der Waals surface area contributed by atoms with E-state index in [1.54, 1.807) is 12.1 Å². The number of aromatic carboxylic acids is 1. The van der Waals surface area contributed by atoms with Gasteiger partial charge in [0, 0.05) is 16.8 Å². The van der Waals surface area contributed by atoms with E-state index in [4.69, 9.17) is 16.7 Å². The van der Waals surface area contributed by atoms with Crippen LogP contribution < -0.4 is 5.32 Å². The van der Waals surface area contributed by atoms with Gasteiger partial charge in [0.2, 0.25) is 0 Å². The van der Waals surface area contributed by atoms with Crippen molar-refractivity contribution in [1.29, 1.82) is 0 Å². The van der Waals surface area contributed by atoms with Gasteiger partial charge in [0.1, 0.15) is 0 Å². The average Bonchev–Trinajstić information content (AvgIpc) is 2.32. The topological polar surface area (TPSA) is 49.3 Å². The number of halogens is 1. The molecule has 2 N–H and O–H groups in total. The predicted molar refractivity (Wildman–Crippen MR) is 68.9 cm³/mol. The number of rotatable bonds is 3. The molecule has 1 aliphatic rings. The second kappa shape index (κ2) is 5.41.